The van der Waals surface area contributed by atoms with E-state index in [4.69, 9.17) is 14.2 Å². The van der Waals surface area contributed by atoms with Crippen molar-refractivity contribution in [3.63, 3.8) is 0 Å². The van der Waals surface area contributed by atoms with Crippen LogP contribution >= 0.6 is 0 Å². The van der Waals surface area contributed by atoms with Crippen molar-refractivity contribution in [1.29, 1.82) is 0 Å². The second kappa shape index (κ2) is 8.75. The number of carbonyl (C=O) groups is 2. The molecule has 1 heterocycles. The Hall–Kier alpha value is -3.06. The fraction of sp³-hybridized carbons (Fsp3) is 0.333. The van der Waals surface area contributed by atoms with Crippen LogP contribution in [0.5, 0.6) is 11.5 Å². The van der Waals surface area contributed by atoms with Gasteiger partial charge in [-0.15, -0.1) is 0 Å². The zero-order valence-electron chi connectivity index (χ0n) is 16.3. The van der Waals surface area contributed by atoms with Crippen LogP contribution in [0, 0.1) is 0 Å². The van der Waals surface area contributed by atoms with Crippen molar-refractivity contribution >= 4 is 23.2 Å². The van der Waals surface area contributed by atoms with E-state index in [1.54, 1.807) is 36.3 Å². The molecular weight excluding hydrogens is 360 g/mol. The molecule has 2 aromatic carbocycles. The molecule has 1 aliphatic rings. The Balaban J connectivity index is 1.79. The lowest BCUT2D eigenvalue weighted by molar-refractivity contribution is -0.122. The number of hydrogen-bond donors (Lipinski definition) is 1. The summed E-state index contributed by atoms with van der Waals surface area (Å²) < 4.78 is 15.4. The molecule has 148 valence electrons. The van der Waals surface area contributed by atoms with Gasteiger partial charge in [0.15, 0.2) is 11.5 Å². The maximum absolute atomic E-state index is 12.6. The van der Waals surface area contributed by atoms with Gasteiger partial charge in [0.25, 0.3) is 11.8 Å². The molecule has 1 aliphatic heterocycles. The summed E-state index contributed by atoms with van der Waals surface area (Å²) in [6.45, 7) is 0.726. The molecule has 2 amide bonds. The predicted molar refractivity (Wildman–Crippen MR) is 106 cm³/mol. The molecule has 3 rings (SSSR count). The summed E-state index contributed by atoms with van der Waals surface area (Å²) in [4.78, 5) is 26.6. The molecule has 0 bridgehead atoms. The molecule has 28 heavy (non-hydrogen) atoms. The highest BCUT2D eigenvalue weighted by molar-refractivity contribution is 6.05. The first-order valence-electron chi connectivity index (χ1n) is 9.03. The maximum Gasteiger partial charge on any atom is 0.255 e. The van der Waals surface area contributed by atoms with Crippen LogP contribution in [-0.2, 0) is 16.0 Å². The zero-order valence-corrected chi connectivity index (χ0v) is 16.3. The Bertz CT molecular complexity index is 881. The largest absolute Gasteiger partial charge is 0.493 e. The Morgan fingerprint density at radius 3 is 2.54 bits per heavy atom. The van der Waals surface area contributed by atoms with Crippen molar-refractivity contribution in [2.75, 3.05) is 44.7 Å². The normalized spacial score (nSPS) is 12.9. The summed E-state index contributed by atoms with van der Waals surface area (Å²) in [5.41, 5.74) is 3.05. The Labute approximate surface area is 164 Å². The Morgan fingerprint density at radius 1 is 1.04 bits per heavy atom. The summed E-state index contributed by atoms with van der Waals surface area (Å²) >= 11 is 0. The fourth-order valence-electron chi connectivity index (χ4n) is 3.32. The minimum absolute atomic E-state index is 0.0528. The van der Waals surface area contributed by atoms with E-state index in [2.05, 4.69) is 5.32 Å². The number of fused-ring (bicyclic) bond motifs is 1. The van der Waals surface area contributed by atoms with Gasteiger partial charge in [0, 0.05) is 30.6 Å². The van der Waals surface area contributed by atoms with E-state index in [-0.39, 0.29) is 18.4 Å². The highest BCUT2D eigenvalue weighted by Crippen LogP contribution is 2.31. The van der Waals surface area contributed by atoms with Crippen LogP contribution in [0.15, 0.2) is 36.4 Å². The van der Waals surface area contributed by atoms with Gasteiger partial charge in [-0.2, -0.15) is 0 Å². The van der Waals surface area contributed by atoms with E-state index < -0.39 is 0 Å². The van der Waals surface area contributed by atoms with Gasteiger partial charge in [0.05, 0.1) is 14.2 Å². The number of hydrogen-bond acceptors (Lipinski definition) is 5. The van der Waals surface area contributed by atoms with E-state index in [0.717, 1.165) is 24.1 Å². The average molecular weight is 384 g/mol. The van der Waals surface area contributed by atoms with E-state index in [9.17, 15) is 9.59 Å². The minimum Gasteiger partial charge on any atom is -0.493 e. The van der Waals surface area contributed by atoms with Gasteiger partial charge >= 0.3 is 0 Å². The first-order valence-corrected chi connectivity index (χ1v) is 9.03. The lowest BCUT2D eigenvalue weighted by Gasteiger charge is -2.29. The van der Waals surface area contributed by atoms with E-state index in [1.165, 1.54) is 14.2 Å². The number of carbonyl (C=O) groups excluding carboxylic acids is 2. The smallest absolute Gasteiger partial charge is 0.255 e. The van der Waals surface area contributed by atoms with Crippen molar-refractivity contribution in [3.8, 4) is 11.5 Å². The maximum atomic E-state index is 12.6. The van der Waals surface area contributed by atoms with Crippen molar-refractivity contribution in [2.45, 2.75) is 12.8 Å². The van der Waals surface area contributed by atoms with Gasteiger partial charge in [-0.3, -0.25) is 9.59 Å². The van der Waals surface area contributed by atoms with Crippen LogP contribution < -0.4 is 19.7 Å². The standard InChI is InChI=1S/C21H24N2O5/c1-26-13-20(24)23-10-4-5-14-11-16(7-8-17(14)23)22-21(25)15-6-9-18(27-2)19(12-15)28-3/h6-9,11-12H,4-5,10,13H2,1-3H3,(H,22,25). The third kappa shape index (κ3) is 4.09. The molecule has 0 radical (unpaired) electrons. The number of methoxy groups -OCH3 is 3. The molecule has 2 aromatic rings. The van der Waals surface area contributed by atoms with E-state index in [1.807, 2.05) is 12.1 Å². The quantitative estimate of drug-likeness (QED) is 0.829. The summed E-state index contributed by atoms with van der Waals surface area (Å²) in [7, 11) is 4.58. The number of aryl methyl sites for hydroxylation is 1. The first kappa shape index (κ1) is 19.7. The van der Waals surface area contributed by atoms with Crippen LogP contribution in [0.1, 0.15) is 22.3 Å². The molecule has 0 saturated heterocycles. The number of amides is 2. The fourth-order valence-corrected chi connectivity index (χ4v) is 3.32. The van der Waals surface area contributed by atoms with Crippen LogP contribution in [-0.4, -0.2) is 46.3 Å². The monoisotopic (exact) mass is 384 g/mol. The highest BCUT2D eigenvalue weighted by Gasteiger charge is 2.22. The Morgan fingerprint density at radius 2 is 1.82 bits per heavy atom. The molecule has 0 unspecified atom stereocenters. The van der Waals surface area contributed by atoms with Crippen molar-refractivity contribution in [2.24, 2.45) is 0 Å². The minimum atomic E-state index is -0.246. The molecule has 1 N–H and O–H groups in total. The summed E-state index contributed by atoms with van der Waals surface area (Å²) in [5.74, 6) is 0.746. The highest BCUT2D eigenvalue weighted by atomic mass is 16.5. The predicted octanol–water partition coefficient (Wildman–Crippen LogP) is 2.88. The topological polar surface area (TPSA) is 77.1 Å². The third-order valence-corrected chi connectivity index (χ3v) is 4.67. The summed E-state index contributed by atoms with van der Waals surface area (Å²) in [6.07, 6.45) is 1.72. The lowest BCUT2D eigenvalue weighted by atomic mass is 10.0. The van der Waals surface area contributed by atoms with Gasteiger partial charge in [-0.25, -0.2) is 0 Å². The van der Waals surface area contributed by atoms with Crippen molar-refractivity contribution in [1.82, 2.24) is 0 Å². The van der Waals surface area contributed by atoms with E-state index in [0.29, 0.717) is 29.3 Å². The molecule has 0 atom stereocenters. The second-order valence-corrected chi connectivity index (χ2v) is 6.45. The van der Waals surface area contributed by atoms with Gasteiger partial charge in [0.2, 0.25) is 0 Å². The number of anilines is 2. The number of nitrogens with zero attached hydrogens (tertiary/aromatic N) is 1. The molecule has 0 aliphatic carbocycles. The number of nitrogens with one attached hydrogen (secondary N) is 1. The van der Waals surface area contributed by atoms with Crippen LogP contribution in [0.3, 0.4) is 0 Å². The first-order chi connectivity index (χ1) is 13.6. The number of benzene rings is 2. The molecule has 0 aromatic heterocycles. The van der Waals surface area contributed by atoms with Gasteiger partial charge in [0.1, 0.15) is 6.61 Å². The van der Waals surface area contributed by atoms with Crippen molar-refractivity contribution < 1.29 is 23.8 Å². The van der Waals surface area contributed by atoms with Crippen molar-refractivity contribution in [3.05, 3.63) is 47.5 Å². The second-order valence-electron chi connectivity index (χ2n) is 6.45. The molecule has 0 fully saturated rings. The van der Waals surface area contributed by atoms with Gasteiger partial charge in [-0.05, 0) is 54.8 Å². The SMILES string of the molecule is COCC(=O)N1CCCc2cc(NC(=O)c3ccc(OC)c(OC)c3)ccc21. The molecular formula is C21H24N2O5. The lowest BCUT2D eigenvalue weighted by Crippen LogP contribution is -2.37. The van der Waals surface area contributed by atoms with Crippen LogP contribution in [0.2, 0.25) is 0 Å². The van der Waals surface area contributed by atoms with Crippen LogP contribution in [0.25, 0.3) is 0 Å². The van der Waals surface area contributed by atoms with Gasteiger partial charge < -0.3 is 24.4 Å². The van der Waals surface area contributed by atoms with Gasteiger partial charge in [-0.1, -0.05) is 0 Å². The van der Waals surface area contributed by atoms with Crippen LogP contribution in [0.4, 0.5) is 11.4 Å². The van der Waals surface area contributed by atoms with E-state index >= 15 is 0 Å². The number of rotatable bonds is 6. The molecule has 7 nitrogen and oxygen atoms in total. The molecule has 7 heteroatoms. The molecule has 0 spiro atoms. The zero-order chi connectivity index (χ0) is 20.1. The number of ether oxygens (including phenoxy) is 3. The molecule has 0 saturated carbocycles. The summed E-state index contributed by atoms with van der Waals surface area (Å²) in [5, 5.41) is 2.90. The summed E-state index contributed by atoms with van der Waals surface area (Å²) in [6, 6.07) is 10.6. The third-order valence-electron chi connectivity index (χ3n) is 4.67. The Kier molecular flexibility index (Phi) is 6.16. The average Bonchev–Trinajstić information content (AvgIpc) is 2.72.